The molecule has 1 heterocycles. The first-order valence-corrected chi connectivity index (χ1v) is 7.38. The Morgan fingerprint density at radius 2 is 1.48 bits per heavy atom. The molecule has 3 rings (SSSR count). The van der Waals surface area contributed by atoms with E-state index in [0.717, 1.165) is 11.1 Å². The van der Waals surface area contributed by atoms with Gasteiger partial charge in [0.05, 0.1) is 18.2 Å². The van der Waals surface area contributed by atoms with Crippen LogP contribution in [0.5, 0.6) is 0 Å². The summed E-state index contributed by atoms with van der Waals surface area (Å²) >= 11 is 0. The number of H-pyrrole nitrogens is 2. The van der Waals surface area contributed by atoms with E-state index in [1.807, 2.05) is 60.7 Å². The summed E-state index contributed by atoms with van der Waals surface area (Å²) in [4.78, 5) is 23.8. The molecule has 0 atom stereocenters. The molecule has 0 fully saturated rings. The molecule has 23 heavy (non-hydrogen) atoms. The Morgan fingerprint density at radius 1 is 0.913 bits per heavy atom. The lowest BCUT2D eigenvalue weighted by Crippen LogP contribution is -2.29. The van der Waals surface area contributed by atoms with Crippen LogP contribution in [0, 0.1) is 0 Å². The van der Waals surface area contributed by atoms with Crippen molar-refractivity contribution < 1.29 is 4.79 Å². The lowest BCUT2D eigenvalue weighted by Gasteiger charge is -2.17. The van der Waals surface area contributed by atoms with Crippen molar-refractivity contribution in [3.05, 3.63) is 93.9 Å². The van der Waals surface area contributed by atoms with Crippen molar-refractivity contribution in [2.75, 3.05) is 0 Å². The lowest BCUT2D eigenvalue weighted by molar-refractivity contribution is -0.121. The topological polar surface area (TPSA) is 77.8 Å². The van der Waals surface area contributed by atoms with Crippen molar-refractivity contribution in [3.63, 3.8) is 0 Å². The molecule has 5 nitrogen and oxygen atoms in total. The minimum atomic E-state index is -0.386. The van der Waals surface area contributed by atoms with Gasteiger partial charge in [0.1, 0.15) is 0 Å². The molecule has 2 aromatic carbocycles. The smallest absolute Gasteiger partial charge is 0.264 e. The Bertz CT molecular complexity index is 782. The molecule has 0 radical (unpaired) electrons. The van der Waals surface area contributed by atoms with Gasteiger partial charge in [-0.2, -0.15) is 0 Å². The number of amides is 1. The largest absolute Gasteiger partial charge is 0.350 e. The van der Waals surface area contributed by atoms with Gasteiger partial charge in [-0.05, 0) is 11.1 Å². The van der Waals surface area contributed by atoms with Gasteiger partial charge in [-0.25, -0.2) is 0 Å². The van der Waals surface area contributed by atoms with E-state index in [-0.39, 0.29) is 23.9 Å². The van der Waals surface area contributed by atoms with Crippen LogP contribution in [-0.4, -0.2) is 16.1 Å². The van der Waals surface area contributed by atoms with Gasteiger partial charge in [-0.15, -0.1) is 0 Å². The fourth-order valence-corrected chi connectivity index (χ4v) is 2.54. The summed E-state index contributed by atoms with van der Waals surface area (Å²) in [6.07, 6.45) is 0. The minimum Gasteiger partial charge on any atom is -0.350 e. The molecule has 3 aromatic rings. The van der Waals surface area contributed by atoms with E-state index in [4.69, 9.17) is 0 Å². The third-order valence-corrected chi connectivity index (χ3v) is 3.63. The van der Waals surface area contributed by atoms with Gasteiger partial charge in [-0.1, -0.05) is 60.7 Å². The standard InChI is InChI=1S/C18H17N3O2/c22-16-11-15(20-21-16)12-19-18(23)17(13-7-3-1-4-8-13)14-9-5-2-6-10-14/h1-11,17H,12H2,(H,19,23)(H2,20,21,22). The van der Waals surface area contributed by atoms with Crippen molar-refractivity contribution in [2.24, 2.45) is 0 Å². The molecule has 0 aliphatic rings. The van der Waals surface area contributed by atoms with Crippen LogP contribution in [0.1, 0.15) is 22.7 Å². The molecule has 0 aliphatic carbocycles. The molecule has 0 spiro atoms. The van der Waals surface area contributed by atoms with Gasteiger partial charge in [0.2, 0.25) is 5.91 Å². The Kier molecular flexibility index (Phi) is 4.38. The van der Waals surface area contributed by atoms with Gasteiger partial charge in [0, 0.05) is 6.07 Å². The normalized spacial score (nSPS) is 10.7. The monoisotopic (exact) mass is 307 g/mol. The van der Waals surface area contributed by atoms with Crippen molar-refractivity contribution >= 4 is 5.91 Å². The average Bonchev–Trinajstić information content (AvgIpc) is 3.01. The van der Waals surface area contributed by atoms with Crippen molar-refractivity contribution in [2.45, 2.75) is 12.5 Å². The highest BCUT2D eigenvalue weighted by atomic mass is 16.2. The van der Waals surface area contributed by atoms with Gasteiger partial charge < -0.3 is 10.4 Å². The van der Waals surface area contributed by atoms with Crippen LogP contribution in [0.25, 0.3) is 0 Å². The van der Waals surface area contributed by atoms with E-state index in [2.05, 4.69) is 15.5 Å². The summed E-state index contributed by atoms with van der Waals surface area (Å²) in [5.41, 5.74) is 2.29. The van der Waals surface area contributed by atoms with Gasteiger partial charge in [0.25, 0.3) is 5.56 Å². The molecule has 0 saturated heterocycles. The quantitative estimate of drug-likeness (QED) is 0.675. The molecule has 5 heteroatoms. The number of aromatic nitrogens is 2. The first-order chi connectivity index (χ1) is 11.2. The maximum atomic E-state index is 12.7. The zero-order chi connectivity index (χ0) is 16.1. The summed E-state index contributed by atoms with van der Waals surface area (Å²) in [5.74, 6) is -0.493. The van der Waals surface area contributed by atoms with Crippen LogP contribution in [0.4, 0.5) is 0 Å². The fourth-order valence-electron chi connectivity index (χ4n) is 2.54. The zero-order valence-electron chi connectivity index (χ0n) is 12.5. The summed E-state index contributed by atoms with van der Waals surface area (Å²) in [7, 11) is 0. The van der Waals surface area contributed by atoms with Gasteiger partial charge >= 0.3 is 0 Å². The van der Waals surface area contributed by atoms with E-state index >= 15 is 0 Å². The predicted octanol–water partition coefficient (Wildman–Crippen LogP) is 2.15. The third kappa shape index (κ3) is 3.58. The van der Waals surface area contributed by atoms with Crippen molar-refractivity contribution in [1.29, 1.82) is 0 Å². The Morgan fingerprint density at radius 3 is 1.96 bits per heavy atom. The second kappa shape index (κ2) is 6.79. The predicted molar refractivity (Wildman–Crippen MR) is 88.0 cm³/mol. The maximum absolute atomic E-state index is 12.7. The number of carbonyl (C=O) groups excluding carboxylic acids is 1. The Labute approximate surface area is 133 Å². The molecular weight excluding hydrogens is 290 g/mol. The van der Waals surface area contributed by atoms with E-state index < -0.39 is 0 Å². The highest BCUT2D eigenvalue weighted by molar-refractivity contribution is 5.87. The summed E-state index contributed by atoms with van der Waals surface area (Å²) in [6, 6.07) is 20.7. The molecule has 1 aromatic heterocycles. The Balaban J connectivity index is 1.83. The van der Waals surface area contributed by atoms with Crippen molar-refractivity contribution in [1.82, 2.24) is 15.5 Å². The molecular formula is C18H17N3O2. The van der Waals surface area contributed by atoms with E-state index in [1.54, 1.807) is 0 Å². The highest BCUT2D eigenvalue weighted by Crippen LogP contribution is 2.24. The summed E-state index contributed by atoms with van der Waals surface area (Å²) in [6.45, 7) is 0.272. The number of benzene rings is 2. The zero-order valence-corrected chi connectivity index (χ0v) is 12.5. The second-order valence-electron chi connectivity index (χ2n) is 5.26. The second-order valence-corrected chi connectivity index (χ2v) is 5.26. The molecule has 1 amide bonds. The fraction of sp³-hybridized carbons (Fsp3) is 0.111. The summed E-state index contributed by atoms with van der Waals surface area (Å²) in [5, 5.41) is 8.06. The first kappa shape index (κ1) is 14.8. The number of carbonyl (C=O) groups is 1. The SMILES string of the molecule is O=C(NCc1cc(=O)[nH][nH]1)C(c1ccccc1)c1ccccc1. The Hall–Kier alpha value is -3.08. The number of aromatic amines is 2. The molecule has 0 saturated carbocycles. The van der Waals surface area contributed by atoms with Crippen molar-refractivity contribution in [3.8, 4) is 0 Å². The third-order valence-electron chi connectivity index (χ3n) is 3.63. The lowest BCUT2D eigenvalue weighted by atomic mass is 9.90. The minimum absolute atomic E-state index is 0.107. The molecule has 0 aliphatic heterocycles. The molecule has 0 bridgehead atoms. The van der Waals surface area contributed by atoms with Crippen LogP contribution in [0.3, 0.4) is 0 Å². The van der Waals surface area contributed by atoms with Crippen LogP contribution >= 0.6 is 0 Å². The average molecular weight is 307 g/mol. The van der Waals surface area contributed by atoms with E-state index in [1.165, 1.54) is 6.07 Å². The van der Waals surface area contributed by atoms with Gasteiger partial charge in [-0.3, -0.25) is 14.7 Å². The van der Waals surface area contributed by atoms with E-state index in [9.17, 15) is 9.59 Å². The molecule has 0 unspecified atom stereocenters. The van der Waals surface area contributed by atoms with Crippen LogP contribution in [-0.2, 0) is 11.3 Å². The number of hydrogen-bond acceptors (Lipinski definition) is 2. The maximum Gasteiger partial charge on any atom is 0.264 e. The van der Waals surface area contributed by atoms with E-state index in [0.29, 0.717) is 5.69 Å². The summed E-state index contributed by atoms with van der Waals surface area (Å²) < 4.78 is 0. The number of rotatable bonds is 5. The van der Waals surface area contributed by atoms with Gasteiger partial charge in [0.15, 0.2) is 0 Å². The highest BCUT2D eigenvalue weighted by Gasteiger charge is 2.22. The molecule has 116 valence electrons. The van der Waals surface area contributed by atoms with Crippen LogP contribution in [0.2, 0.25) is 0 Å². The van der Waals surface area contributed by atoms with Crippen LogP contribution in [0.15, 0.2) is 71.5 Å². The van der Waals surface area contributed by atoms with Crippen LogP contribution < -0.4 is 10.9 Å². The molecule has 3 N–H and O–H groups in total. The number of hydrogen-bond donors (Lipinski definition) is 3. The number of nitrogens with one attached hydrogen (secondary N) is 3. The first-order valence-electron chi connectivity index (χ1n) is 7.38.